The van der Waals surface area contributed by atoms with Crippen LogP contribution in [0, 0.1) is 0 Å². The highest BCUT2D eigenvalue weighted by Gasteiger charge is 2.13. The van der Waals surface area contributed by atoms with Crippen LogP contribution in [0.5, 0.6) is 0 Å². The minimum Gasteiger partial charge on any atom is -0.320 e. The quantitative estimate of drug-likeness (QED) is 0.673. The molecule has 0 bridgehead atoms. The first-order valence-corrected chi connectivity index (χ1v) is 6.91. The molecule has 2 rings (SSSR count). The van der Waals surface area contributed by atoms with Crippen LogP contribution in [-0.2, 0) is 0 Å². The number of hydrogen-bond donors (Lipinski definition) is 2. The van der Waals surface area contributed by atoms with Crippen LogP contribution in [-0.4, -0.2) is 22.1 Å². The van der Waals surface area contributed by atoms with Gasteiger partial charge in [-0.2, -0.15) is 0 Å². The lowest BCUT2D eigenvalue weighted by molar-refractivity contribution is 0.102. The molecule has 2 N–H and O–H groups in total. The second-order valence-corrected chi connectivity index (χ2v) is 4.77. The summed E-state index contributed by atoms with van der Waals surface area (Å²) in [7, 11) is 0. The number of hydrogen-bond acceptors (Lipinski definition) is 4. The van der Waals surface area contributed by atoms with Crippen LogP contribution < -0.4 is 10.9 Å². The Hall–Kier alpha value is -1.79. The highest BCUT2D eigenvalue weighted by atomic mass is 35.5. The van der Waals surface area contributed by atoms with Gasteiger partial charge < -0.3 is 10.3 Å². The van der Waals surface area contributed by atoms with Crippen LogP contribution in [0.2, 0.25) is 5.02 Å². The zero-order valence-corrected chi connectivity index (χ0v) is 11.5. The fraction of sp³-hybridized carbons (Fsp3) is 0.0833. The van der Waals surface area contributed by atoms with E-state index in [4.69, 9.17) is 11.6 Å². The molecule has 0 aliphatic heterocycles. The molecule has 1 amide bonds. The Bertz CT molecular complexity index is 672. The molecule has 0 unspecified atom stereocenters. The fourth-order valence-corrected chi connectivity index (χ4v) is 1.93. The second kappa shape index (κ2) is 5.90. The molecule has 0 atom stereocenters. The van der Waals surface area contributed by atoms with Crippen molar-refractivity contribution in [1.82, 2.24) is 9.97 Å². The molecule has 0 radical (unpaired) electrons. The zero-order chi connectivity index (χ0) is 13.8. The molecular weight excluding hydrogens is 286 g/mol. The molecule has 0 saturated carbocycles. The van der Waals surface area contributed by atoms with Gasteiger partial charge in [-0.25, -0.2) is 4.98 Å². The number of nitrogens with one attached hydrogen (secondary N) is 2. The van der Waals surface area contributed by atoms with Gasteiger partial charge in [-0.15, -0.1) is 0 Å². The van der Waals surface area contributed by atoms with Gasteiger partial charge in [0.05, 0.1) is 10.7 Å². The number of thioether (sulfide) groups is 1. The van der Waals surface area contributed by atoms with Crippen molar-refractivity contribution in [3.63, 3.8) is 0 Å². The Kier molecular flexibility index (Phi) is 4.24. The Morgan fingerprint density at radius 1 is 1.42 bits per heavy atom. The number of H-pyrrole nitrogens is 1. The van der Waals surface area contributed by atoms with E-state index in [1.165, 1.54) is 18.0 Å². The van der Waals surface area contributed by atoms with E-state index in [0.29, 0.717) is 15.9 Å². The lowest BCUT2D eigenvalue weighted by atomic mass is 10.2. The Balaban J connectivity index is 2.26. The van der Waals surface area contributed by atoms with Crippen molar-refractivity contribution in [3.05, 3.63) is 51.4 Å². The highest BCUT2D eigenvalue weighted by Crippen LogP contribution is 2.20. The van der Waals surface area contributed by atoms with Crippen LogP contribution in [0.4, 0.5) is 5.69 Å². The number of nitrogens with zero attached hydrogens (tertiary/aromatic N) is 1. The van der Waals surface area contributed by atoms with Crippen LogP contribution >= 0.6 is 23.4 Å². The van der Waals surface area contributed by atoms with E-state index in [9.17, 15) is 9.59 Å². The summed E-state index contributed by atoms with van der Waals surface area (Å²) in [6, 6.07) is 6.79. The van der Waals surface area contributed by atoms with Crippen molar-refractivity contribution in [2.75, 3.05) is 11.6 Å². The predicted molar refractivity (Wildman–Crippen MR) is 76.0 cm³/mol. The van der Waals surface area contributed by atoms with E-state index < -0.39 is 11.5 Å². The summed E-state index contributed by atoms with van der Waals surface area (Å²) in [6.45, 7) is 0. The van der Waals surface area contributed by atoms with Gasteiger partial charge in [0.15, 0.2) is 5.16 Å². The molecule has 1 aromatic carbocycles. The number of rotatable bonds is 3. The largest absolute Gasteiger partial charge is 0.320 e. The number of amides is 1. The molecule has 1 aromatic heterocycles. The maximum absolute atomic E-state index is 12.0. The average molecular weight is 296 g/mol. The second-order valence-electron chi connectivity index (χ2n) is 3.57. The standard InChI is InChI=1S/C12H10ClN3O2S/c1-19-12-14-6-7(11(18)16-12)10(17)15-9-5-3-2-4-8(9)13/h2-6H,1H3,(H,15,17)(H,14,16,18). The smallest absolute Gasteiger partial charge is 0.264 e. The number of halogens is 1. The zero-order valence-electron chi connectivity index (χ0n) is 9.94. The van der Waals surface area contributed by atoms with Gasteiger partial charge in [0, 0.05) is 6.20 Å². The highest BCUT2D eigenvalue weighted by molar-refractivity contribution is 7.98. The number of aromatic nitrogens is 2. The van der Waals surface area contributed by atoms with E-state index in [0.717, 1.165) is 0 Å². The number of carbonyl (C=O) groups is 1. The SMILES string of the molecule is CSc1ncc(C(=O)Nc2ccccc2Cl)c(=O)[nH]1. The lowest BCUT2D eigenvalue weighted by Crippen LogP contribution is -2.24. The Morgan fingerprint density at radius 2 is 2.16 bits per heavy atom. The van der Waals surface area contributed by atoms with Crippen molar-refractivity contribution in [2.45, 2.75) is 5.16 Å². The Morgan fingerprint density at radius 3 is 2.79 bits per heavy atom. The average Bonchev–Trinajstić information content (AvgIpc) is 2.41. The molecule has 0 aliphatic carbocycles. The van der Waals surface area contributed by atoms with Crippen LogP contribution in [0.25, 0.3) is 0 Å². The molecule has 1 heterocycles. The van der Waals surface area contributed by atoms with Crippen LogP contribution in [0.1, 0.15) is 10.4 Å². The molecule has 19 heavy (non-hydrogen) atoms. The first kappa shape index (κ1) is 13.6. The number of anilines is 1. The first-order valence-electron chi connectivity index (χ1n) is 5.31. The fourth-order valence-electron chi connectivity index (χ4n) is 1.40. The van der Waals surface area contributed by atoms with Gasteiger partial charge in [-0.1, -0.05) is 35.5 Å². The minimum absolute atomic E-state index is 0.0577. The van der Waals surface area contributed by atoms with E-state index in [1.807, 2.05) is 0 Å². The van der Waals surface area contributed by atoms with Crippen molar-refractivity contribution < 1.29 is 4.79 Å². The summed E-state index contributed by atoms with van der Waals surface area (Å²) in [5.41, 5.74) is -0.0934. The molecular formula is C12H10ClN3O2S. The lowest BCUT2D eigenvalue weighted by Gasteiger charge is -2.06. The summed E-state index contributed by atoms with van der Waals surface area (Å²) in [5.74, 6) is -0.547. The van der Waals surface area contributed by atoms with E-state index in [2.05, 4.69) is 15.3 Å². The van der Waals surface area contributed by atoms with E-state index >= 15 is 0 Å². The van der Waals surface area contributed by atoms with E-state index in [1.54, 1.807) is 30.5 Å². The summed E-state index contributed by atoms with van der Waals surface area (Å²) >= 11 is 7.21. The summed E-state index contributed by atoms with van der Waals surface area (Å²) in [4.78, 5) is 30.1. The van der Waals surface area contributed by atoms with Gasteiger partial charge in [0.25, 0.3) is 11.5 Å². The summed E-state index contributed by atoms with van der Waals surface area (Å²) < 4.78 is 0. The molecule has 2 aromatic rings. The molecule has 7 heteroatoms. The van der Waals surface area contributed by atoms with Gasteiger partial charge in [-0.3, -0.25) is 9.59 Å². The van der Waals surface area contributed by atoms with Crippen molar-refractivity contribution >= 4 is 35.0 Å². The van der Waals surface area contributed by atoms with Gasteiger partial charge >= 0.3 is 0 Å². The van der Waals surface area contributed by atoms with Gasteiger partial charge in [0.2, 0.25) is 0 Å². The summed E-state index contributed by atoms with van der Waals surface area (Å²) in [5, 5.41) is 3.43. The van der Waals surface area contributed by atoms with Crippen molar-refractivity contribution in [3.8, 4) is 0 Å². The maximum atomic E-state index is 12.0. The third-order valence-electron chi connectivity index (χ3n) is 2.34. The normalized spacial score (nSPS) is 10.2. The molecule has 5 nitrogen and oxygen atoms in total. The van der Waals surface area contributed by atoms with Gasteiger partial charge in [-0.05, 0) is 18.4 Å². The molecule has 0 spiro atoms. The van der Waals surface area contributed by atoms with Crippen molar-refractivity contribution in [1.29, 1.82) is 0 Å². The molecule has 0 saturated heterocycles. The third kappa shape index (κ3) is 3.15. The first-order chi connectivity index (χ1) is 9.11. The van der Waals surface area contributed by atoms with Crippen LogP contribution in [0.3, 0.4) is 0 Å². The topological polar surface area (TPSA) is 74.8 Å². The Labute approximate surface area is 118 Å². The van der Waals surface area contributed by atoms with E-state index in [-0.39, 0.29) is 5.56 Å². The predicted octanol–water partition coefficient (Wildman–Crippen LogP) is 2.40. The number of carbonyl (C=O) groups excluding carboxylic acids is 1. The summed E-state index contributed by atoms with van der Waals surface area (Å²) in [6.07, 6.45) is 3.03. The minimum atomic E-state index is -0.547. The van der Waals surface area contributed by atoms with Crippen LogP contribution in [0.15, 0.2) is 40.4 Å². The third-order valence-corrected chi connectivity index (χ3v) is 3.26. The molecule has 0 fully saturated rings. The monoisotopic (exact) mass is 295 g/mol. The van der Waals surface area contributed by atoms with Gasteiger partial charge in [0.1, 0.15) is 5.56 Å². The maximum Gasteiger partial charge on any atom is 0.264 e. The van der Waals surface area contributed by atoms with Crippen molar-refractivity contribution in [2.24, 2.45) is 0 Å². The molecule has 98 valence electrons. The molecule has 0 aliphatic rings. The number of para-hydroxylation sites is 1. The number of aromatic amines is 1. The number of benzene rings is 1.